The molecule has 2 aromatic heterocycles. The Bertz CT molecular complexity index is 700. The van der Waals surface area contributed by atoms with Crippen molar-refractivity contribution in [1.82, 2.24) is 9.88 Å². The zero-order valence-corrected chi connectivity index (χ0v) is 14.7. The van der Waals surface area contributed by atoms with Gasteiger partial charge < -0.3 is 14.9 Å². The van der Waals surface area contributed by atoms with Gasteiger partial charge in [0, 0.05) is 19.1 Å². The van der Waals surface area contributed by atoms with Crippen LogP contribution in [0.15, 0.2) is 6.07 Å². The molecule has 0 radical (unpaired) electrons. The Morgan fingerprint density at radius 2 is 2.04 bits per heavy atom. The van der Waals surface area contributed by atoms with E-state index in [9.17, 15) is 9.59 Å². The van der Waals surface area contributed by atoms with Crippen molar-refractivity contribution in [3.63, 3.8) is 0 Å². The lowest BCUT2D eigenvalue weighted by Crippen LogP contribution is -2.40. The van der Waals surface area contributed by atoms with Crippen LogP contribution in [-0.4, -0.2) is 52.5 Å². The topological polar surface area (TPSA) is 73.7 Å². The van der Waals surface area contributed by atoms with Crippen LogP contribution in [0.4, 0.5) is 5.13 Å². The van der Waals surface area contributed by atoms with Gasteiger partial charge in [0.15, 0.2) is 5.13 Å². The van der Waals surface area contributed by atoms with Crippen LogP contribution in [0.1, 0.15) is 36.4 Å². The van der Waals surface area contributed by atoms with E-state index in [1.807, 2.05) is 19.9 Å². The van der Waals surface area contributed by atoms with E-state index in [-0.39, 0.29) is 18.5 Å². The first-order valence-corrected chi connectivity index (χ1v) is 9.27. The first-order chi connectivity index (χ1) is 11.0. The van der Waals surface area contributed by atoms with Gasteiger partial charge in [-0.2, -0.15) is 0 Å². The number of carbonyl (C=O) groups excluding carboxylic acids is 1. The van der Waals surface area contributed by atoms with Crippen molar-refractivity contribution in [1.29, 1.82) is 0 Å². The molecule has 1 amide bonds. The highest BCUT2D eigenvalue weighted by Gasteiger charge is 2.25. The summed E-state index contributed by atoms with van der Waals surface area (Å²) in [6.45, 7) is 5.45. The molecule has 8 heteroatoms. The van der Waals surface area contributed by atoms with E-state index in [2.05, 4.69) is 9.88 Å². The minimum Gasteiger partial charge on any atom is -0.480 e. The van der Waals surface area contributed by atoms with E-state index in [0.29, 0.717) is 4.88 Å². The number of anilines is 1. The molecule has 0 aliphatic carbocycles. The number of thiazole rings is 1. The summed E-state index contributed by atoms with van der Waals surface area (Å²) in [6, 6.07) is 1.68. The van der Waals surface area contributed by atoms with Crippen molar-refractivity contribution in [3.8, 4) is 0 Å². The van der Waals surface area contributed by atoms with E-state index >= 15 is 0 Å². The van der Waals surface area contributed by atoms with Crippen LogP contribution in [0.3, 0.4) is 0 Å². The number of carboxylic acids is 1. The first kappa shape index (κ1) is 16.2. The third-order valence-electron chi connectivity index (χ3n) is 3.86. The van der Waals surface area contributed by atoms with Crippen molar-refractivity contribution in [2.75, 3.05) is 24.5 Å². The lowest BCUT2D eigenvalue weighted by atomic mass is 10.3. The van der Waals surface area contributed by atoms with Gasteiger partial charge in [-0.3, -0.25) is 9.59 Å². The molecule has 0 atom stereocenters. The molecule has 1 fully saturated rings. The Morgan fingerprint density at radius 3 is 2.61 bits per heavy atom. The molecule has 3 heterocycles. The van der Waals surface area contributed by atoms with Crippen LogP contribution in [0.5, 0.6) is 0 Å². The second-order valence-corrected chi connectivity index (χ2v) is 7.93. The maximum Gasteiger partial charge on any atom is 0.323 e. The van der Waals surface area contributed by atoms with Crippen molar-refractivity contribution < 1.29 is 14.7 Å². The van der Waals surface area contributed by atoms with Gasteiger partial charge in [0.2, 0.25) is 0 Å². The fraction of sp³-hybridized carbons (Fsp3) is 0.533. The van der Waals surface area contributed by atoms with E-state index in [0.717, 1.165) is 27.8 Å². The Hall–Kier alpha value is -1.67. The van der Waals surface area contributed by atoms with Gasteiger partial charge in [-0.05, 0) is 32.8 Å². The number of carboxylic acid groups (broad SMARTS) is 1. The first-order valence-electron chi connectivity index (χ1n) is 7.64. The Balaban J connectivity index is 1.83. The number of aliphatic carboxylic acids is 1. The number of hydrogen-bond donors (Lipinski definition) is 1. The van der Waals surface area contributed by atoms with Crippen LogP contribution in [0, 0.1) is 0 Å². The number of amides is 1. The van der Waals surface area contributed by atoms with Gasteiger partial charge in [-0.1, -0.05) is 11.3 Å². The van der Waals surface area contributed by atoms with Crippen LogP contribution in [0.25, 0.3) is 9.53 Å². The summed E-state index contributed by atoms with van der Waals surface area (Å²) in [5.41, 5.74) is 0. The molecule has 3 rings (SSSR count). The second kappa shape index (κ2) is 6.45. The Morgan fingerprint density at radius 1 is 1.35 bits per heavy atom. The minimum atomic E-state index is -1.00. The van der Waals surface area contributed by atoms with Gasteiger partial charge in [-0.15, -0.1) is 11.3 Å². The average molecular weight is 353 g/mol. The van der Waals surface area contributed by atoms with E-state index < -0.39 is 5.97 Å². The number of aromatic nitrogens is 1. The van der Waals surface area contributed by atoms with Gasteiger partial charge >= 0.3 is 5.97 Å². The summed E-state index contributed by atoms with van der Waals surface area (Å²) in [7, 11) is 0. The quantitative estimate of drug-likeness (QED) is 0.895. The molecular formula is C15H19N3O3S2. The van der Waals surface area contributed by atoms with Crippen LogP contribution in [-0.2, 0) is 4.79 Å². The van der Waals surface area contributed by atoms with Gasteiger partial charge in [0.1, 0.15) is 11.4 Å². The van der Waals surface area contributed by atoms with Crippen LogP contribution >= 0.6 is 22.7 Å². The molecule has 6 nitrogen and oxygen atoms in total. The number of rotatable bonds is 5. The molecule has 124 valence electrons. The molecular weight excluding hydrogens is 334 g/mol. The number of thiophene rings is 1. The largest absolute Gasteiger partial charge is 0.480 e. The molecule has 1 aliphatic heterocycles. The van der Waals surface area contributed by atoms with E-state index in [4.69, 9.17) is 5.11 Å². The monoisotopic (exact) mass is 353 g/mol. The number of fused-ring (bicyclic) bond motifs is 1. The third kappa shape index (κ3) is 3.32. The highest BCUT2D eigenvalue weighted by atomic mass is 32.1. The Kier molecular flexibility index (Phi) is 4.54. The summed E-state index contributed by atoms with van der Waals surface area (Å²) < 4.78 is 0.999. The van der Waals surface area contributed by atoms with Gasteiger partial charge in [0.05, 0.1) is 9.58 Å². The summed E-state index contributed by atoms with van der Waals surface area (Å²) >= 11 is 2.95. The van der Waals surface area contributed by atoms with E-state index in [1.54, 1.807) is 11.3 Å². The van der Waals surface area contributed by atoms with Crippen molar-refractivity contribution >= 4 is 49.2 Å². The molecule has 23 heavy (non-hydrogen) atoms. The predicted molar refractivity (Wildman–Crippen MR) is 92.8 cm³/mol. The summed E-state index contributed by atoms with van der Waals surface area (Å²) in [5.74, 6) is -1.24. The maximum absolute atomic E-state index is 12.6. The fourth-order valence-electron chi connectivity index (χ4n) is 2.65. The smallest absolute Gasteiger partial charge is 0.323 e. The SMILES string of the molecule is CC(C)N(CC(=O)O)C(=O)c1cc2sc(N3CCCC3)nc2s1. The molecule has 2 aromatic rings. The highest BCUT2D eigenvalue weighted by molar-refractivity contribution is 7.29. The summed E-state index contributed by atoms with van der Waals surface area (Å²) in [6.07, 6.45) is 2.41. The lowest BCUT2D eigenvalue weighted by molar-refractivity contribution is -0.138. The second-order valence-electron chi connectivity index (χ2n) is 5.89. The van der Waals surface area contributed by atoms with Crippen molar-refractivity contribution in [3.05, 3.63) is 10.9 Å². The summed E-state index contributed by atoms with van der Waals surface area (Å²) in [4.78, 5) is 33.2. The number of carbonyl (C=O) groups is 2. The average Bonchev–Trinajstić information content (AvgIpc) is 3.17. The van der Waals surface area contributed by atoms with E-state index in [1.165, 1.54) is 29.1 Å². The third-order valence-corrected chi connectivity index (χ3v) is 6.06. The fourth-order valence-corrected chi connectivity index (χ4v) is 4.87. The summed E-state index contributed by atoms with van der Waals surface area (Å²) in [5, 5.41) is 10.0. The molecule has 0 spiro atoms. The van der Waals surface area contributed by atoms with Crippen molar-refractivity contribution in [2.24, 2.45) is 0 Å². The molecule has 0 unspecified atom stereocenters. The Labute approximate surface area is 142 Å². The van der Waals surface area contributed by atoms with Gasteiger partial charge in [0.25, 0.3) is 5.91 Å². The van der Waals surface area contributed by atoms with Crippen LogP contribution in [0.2, 0.25) is 0 Å². The standard InChI is InChI=1S/C15H19N3O3S2/c1-9(2)18(8-12(19)20)14(21)11-7-10-13(22-11)16-15(23-10)17-5-3-4-6-17/h7,9H,3-6,8H2,1-2H3,(H,19,20). The lowest BCUT2D eigenvalue weighted by Gasteiger charge is -2.24. The molecule has 1 aliphatic rings. The van der Waals surface area contributed by atoms with Crippen molar-refractivity contribution in [2.45, 2.75) is 32.7 Å². The number of hydrogen-bond acceptors (Lipinski definition) is 6. The van der Waals surface area contributed by atoms with Gasteiger partial charge in [-0.25, -0.2) is 4.98 Å². The van der Waals surface area contributed by atoms with Crippen LogP contribution < -0.4 is 4.90 Å². The zero-order valence-electron chi connectivity index (χ0n) is 13.1. The predicted octanol–water partition coefficient (Wildman–Crippen LogP) is 2.89. The molecule has 0 bridgehead atoms. The minimum absolute atomic E-state index is 0.160. The molecule has 0 aromatic carbocycles. The number of nitrogens with zero attached hydrogens (tertiary/aromatic N) is 3. The highest BCUT2D eigenvalue weighted by Crippen LogP contribution is 2.36. The molecule has 1 saturated heterocycles. The zero-order chi connectivity index (χ0) is 16.6. The molecule has 0 saturated carbocycles. The molecule has 1 N–H and O–H groups in total. The normalized spacial score (nSPS) is 14.8. The maximum atomic E-state index is 12.6.